The first kappa shape index (κ1) is 12.3. The van der Waals surface area contributed by atoms with Gasteiger partial charge in [0.15, 0.2) is 0 Å². The second kappa shape index (κ2) is 4.04. The van der Waals surface area contributed by atoms with E-state index in [0.717, 1.165) is 5.92 Å². The molecule has 0 nitrogen and oxygen atoms in total. The van der Waals surface area contributed by atoms with Crippen LogP contribution in [-0.4, -0.2) is 12.0 Å². The molecular weight excluding hydrogens is 164 g/mol. The molecule has 0 rings (SSSR count). The highest BCUT2D eigenvalue weighted by Gasteiger charge is 2.33. The topological polar surface area (TPSA) is 0 Å². The lowest BCUT2D eigenvalue weighted by molar-refractivity contribution is 0.125. The molecule has 0 aromatic carbocycles. The van der Waals surface area contributed by atoms with Gasteiger partial charge in [0.25, 0.3) is 0 Å². The van der Waals surface area contributed by atoms with E-state index in [4.69, 9.17) is 0 Å². The van der Waals surface area contributed by atoms with E-state index >= 15 is 0 Å². The van der Waals surface area contributed by atoms with Crippen molar-refractivity contribution in [3.05, 3.63) is 0 Å². The zero-order valence-corrected chi connectivity index (χ0v) is 10.5. The van der Waals surface area contributed by atoms with E-state index < -0.39 is 0 Å². The fourth-order valence-electron chi connectivity index (χ4n) is 1.97. The Morgan fingerprint density at radius 2 is 1.25 bits per heavy atom. The van der Waals surface area contributed by atoms with Gasteiger partial charge in [-0.05, 0) is 28.8 Å². The van der Waals surface area contributed by atoms with Gasteiger partial charge in [-0.25, -0.2) is 0 Å². The average molecular weight is 188 g/mol. The van der Waals surface area contributed by atoms with Crippen LogP contribution < -0.4 is 0 Å². The van der Waals surface area contributed by atoms with Crippen LogP contribution in [0.4, 0.5) is 0 Å². The standard InChI is InChI=1S/C11H24S/c1-10(2,3)9(8-12-7)11(4,5)6/h9H,8H2,1-7H3. The second-order valence-corrected chi connectivity index (χ2v) is 6.65. The van der Waals surface area contributed by atoms with E-state index in [9.17, 15) is 0 Å². The summed E-state index contributed by atoms with van der Waals surface area (Å²) in [5.74, 6) is 2.06. The van der Waals surface area contributed by atoms with Crippen molar-refractivity contribution in [3.8, 4) is 0 Å². The van der Waals surface area contributed by atoms with Crippen LogP contribution in [0, 0.1) is 16.7 Å². The molecule has 0 aliphatic carbocycles. The molecule has 0 atom stereocenters. The molecular formula is C11H24S. The summed E-state index contributed by atoms with van der Waals surface area (Å²) in [6.45, 7) is 14.1. The monoisotopic (exact) mass is 188 g/mol. The first-order valence-electron chi connectivity index (χ1n) is 4.68. The van der Waals surface area contributed by atoms with Gasteiger partial charge in [0.2, 0.25) is 0 Å². The summed E-state index contributed by atoms with van der Waals surface area (Å²) in [6, 6.07) is 0. The molecule has 0 saturated heterocycles. The minimum absolute atomic E-state index is 0.432. The Bertz CT molecular complexity index is 111. The van der Waals surface area contributed by atoms with E-state index in [2.05, 4.69) is 47.8 Å². The first-order chi connectivity index (χ1) is 5.19. The number of hydrogen-bond donors (Lipinski definition) is 0. The number of thioether (sulfide) groups is 1. The second-order valence-electron chi connectivity index (χ2n) is 5.74. The van der Waals surface area contributed by atoms with Crippen molar-refractivity contribution >= 4 is 11.8 Å². The summed E-state index contributed by atoms with van der Waals surface area (Å²) in [5, 5.41) is 0. The molecule has 0 radical (unpaired) electrons. The largest absolute Gasteiger partial charge is 0.165 e. The van der Waals surface area contributed by atoms with E-state index in [-0.39, 0.29) is 0 Å². The van der Waals surface area contributed by atoms with Gasteiger partial charge in [0, 0.05) is 0 Å². The molecule has 0 spiro atoms. The van der Waals surface area contributed by atoms with Crippen LogP contribution in [-0.2, 0) is 0 Å². The van der Waals surface area contributed by atoms with Gasteiger partial charge in [-0.1, -0.05) is 41.5 Å². The van der Waals surface area contributed by atoms with Crippen molar-refractivity contribution in [3.63, 3.8) is 0 Å². The third-order valence-corrected chi connectivity index (χ3v) is 3.09. The van der Waals surface area contributed by atoms with Gasteiger partial charge in [-0.3, -0.25) is 0 Å². The molecule has 0 aromatic heterocycles. The molecule has 1 heteroatoms. The van der Waals surface area contributed by atoms with Crippen LogP contribution >= 0.6 is 11.8 Å². The maximum absolute atomic E-state index is 2.35. The molecule has 0 N–H and O–H groups in total. The molecule has 0 amide bonds. The van der Waals surface area contributed by atoms with Crippen LogP contribution in [0.5, 0.6) is 0 Å². The van der Waals surface area contributed by atoms with Crippen LogP contribution in [0.1, 0.15) is 41.5 Å². The third kappa shape index (κ3) is 3.84. The zero-order chi connectivity index (χ0) is 9.99. The Kier molecular flexibility index (Phi) is 4.16. The smallest absolute Gasteiger partial charge is 0.00319 e. The lowest BCUT2D eigenvalue weighted by Gasteiger charge is -2.40. The Morgan fingerprint density at radius 1 is 0.917 bits per heavy atom. The number of rotatable bonds is 2. The van der Waals surface area contributed by atoms with E-state index in [0.29, 0.717) is 10.8 Å². The summed E-state index contributed by atoms with van der Waals surface area (Å²) in [6.07, 6.45) is 2.20. The molecule has 0 aliphatic heterocycles. The van der Waals surface area contributed by atoms with Crippen LogP contribution in [0.15, 0.2) is 0 Å². The van der Waals surface area contributed by atoms with Crippen LogP contribution in [0.3, 0.4) is 0 Å². The summed E-state index contributed by atoms with van der Waals surface area (Å²) >= 11 is 1.96. The minimum Gasteiger partial charge on any atom is -0.165 e. The van der Waals surface area contributed by atoms with E-state index in [1.54, 1.807) is 0 Å². The van der Waals surface area contributed by atoms with Crippen molar-refractivity contribution < 1.29 is 0 Å². The van der Waals surface area contributed by atoms with Crippen molar-refractivity contribution in [1.29, 1.82) is 0 Å². The SMILES string of the molecule is CSCC(C(C)(C)C)C(C)(C)C. The average Bonchev–Trinajstić information content (AvgIpc) is 1.77. The fourth-order valence-corrected chi connectivity index (χ4v) is 3.30. The van der Waals surface area contributed by atoms with Gasteiger partial charge < -0.3 is 0 Å². The van der Waals surface area contributed by atoms with Gasteiger partial charge in [-0.2, -0.15) is 11.8 Å². The molecule has 0 saturated carbocycles. The summed E-state index contributed by atoms with van der Waals surface area (Å²) < 4.78 is 0. The Labute approximate surface area is 82.5 Å². The molecule has 74 valence electrons. The van der Waals surface area contributed by atoms with Crippen molar-refractivity contribution in [2.45, 2.75) is 41.5 Å². The third-order valence-electron chi connectivity index (χ3n) is 2.42. The quantitative estimate of drug-likeness (QED) is 0.630. The molecule has 0 unspecified atom stereocenters. The lowest BCUT2D eigenvalue weighted by atomic mass is 9.68. The summed E-state index contributed by atoms with van der Waals surface area (Å²) in [5.41, 5.74) is 0.864. The van der Waals surface area contributed by atoms with Crippen molar-refractivity contribution in [2.75, 3.05) is 12.0 Å². The predicted octanol–water partition coefficient (Wildman–Crippen LogP) is 4.06. The highest BCUT2D eigenvalue weighted by atomic mass is 32.2. The van der Waals surface area contributed by atoms with Crippen molar-refractivity contribution in [2.24, 2.45) is 16.7 Å². The zero-order valence-electron chi connectivity index (χ0n) is 9.69. The maximum atomic E-state index is 2.35. The minimum atomic E-state index is 0.432. The fraction of sp³-hybridized carbons (Fsp3) is 1.00. The van der Waals surface area contributed by atoms with Crippen molar-refractivity contribution in [1.82, 2.24) is 0 Å². The first-order valence-corrected chi connectivity index (χ1v) is 6.08. The van der Waals surface area contributed by atoms with Gasteiger partial charge in [0.1, 0.15) is 0 Å². The van der Waals surface area contributed by atoms with Crippen LogP contribution in [0.2, 0.25) is 0 Å². The maximum Gasteiger partial charge on any atom is -0.00319 e. The normalized spacial score (nSPS) is 14.0. The molecule has 0 bridgehead atoms. The summed E-state index contributed by atoms with van der Waals surface area (Å²) in [4.78, 5) is 0. The lowest BCUT2D eigenvalue weighted by Crippen LogP contribution is -2.34. The Hall–Kier alpha value is 0.350. The number of hydrogen-bond acceptors (Lipinski definition) is 1. The molecule has 0 aliphatic rings. The summed E-state index contributed by atoms with van der Waals surface area (Å²) in [7, 11) is 0. The highest BCUT2D eigenvalue weighted by molar-refractivity contribution is 7.98. The van der Waals surface area contributed by atoms with Gasteiger partial charge in [-0.15, -0.1) is 0 Å². The molecule has 0 fully saturated rings. The van der Waals surface area contributed by atoms with Gasteiger partial charge >= 0.3 is 0 Å². The molecule has 0 aromatic rings. The van der Waals surface area contributed by atoms with Gasteiger partial charge in [0.05, 0.1) is 0 Å². The highest BCUT2D eigenvalue weighted by Crippen LogP contribution is 2.41. The van der Waals surface area contributed by atoms with E-state index in [1.165, 1.54) is 5.75 Å². The Morgan fingerprint density at radius 3 is 1.33 bits per heavy atom. The molecule has 0 heterocycles. The van der Waals surface area contributed by atoms with Crippen LogP contribution in [0.25, 0.3) is 0 Å². The van der Waals surface area contributed by atoms with E-state index in [1.807, 2.05) is 11.8 Å². The molecule has 12 heavy (non-hydrogen) atoms. The predicted molar refractivity (Wildman–Crippen MR) is 60.8 cm³/mol. The Balaban J connectivity index is 4.45.